The van der Waals surface area contributed by atoms with Crippen molar-refractivity contribution < 1.29 is 51.4 Å². The van der Waals surface area contributed by atoms with Crippen LogP contribution in [-0.2, 0) is 12.6 Å². The molecular formula is C6H13KN2S2. The van der Waals surface area contributed by atoms with Gasteiger partial charge < -0.3 is 29.9 Å². The van der Waals surface area contributed by atoms with Gasteiger partial charge in [0, 0.05) is 6.54 Å². The fraction of sp³-hybridized carbons (Fsp3) is 0.833. The normalized spacial score (nSPS) is 8.55. The quantitative estimate of drug-likeness (QED) is 0.150. The molecule has 0 aromatic heterocycles. The maximum atomic E-state index is 5.45. The Morgan fingerprint density at radius 3 is 2.45 bits per heavy atom. The van der Waals surface area contributed by atoms with E-state index in [1.54, 1.807) is 0 Å². The first kappa shape index (κ1) is 15.2. The Morgan fingerprint density at radius 1 is 1.55 bits per heavy atom. The molecule has 5 heteroatoms. The second-order valence-corrected chi connectivity index (χ2v) is 3.20. The van der Waals surface area contributed by atoms with Crippen LogP contribution >= 0.6 is 12.2 Å². The third kappa shape index (κ3) is 9.62. The van der Waals surface area contributed by atoms with Gasteiger partial charge in [0.05, 0.1) is 0 Å². The van der Waals surface area contributed by atoms with Gasteiger partial charge in [-0.3, -0.25) is 0 Å². The molecule has 0 atom stereocenters. The van der Waals surface area contributed by atoms with Crippen molar-refractivity contribution in [2.24, 2.45) is 5.84 Å². The SMILES string of the molecule is CCCCCN(N)C(=S)[S-].[K+]. The van der Waals surface area contributed by atoms with E-state index in [2.05, 4.69) is 31.8 Å². The zero-order valence-electron chi connectivity index (χ0n) is 7.17. The minimum absolute atomic E-state index is 0. The van der Waals surface area contributed by atoms with Crippen LogP contribution in [-0.4, -0.2) is 15.9 Å². The van der Waals surface area contributed by atoms with Gasteiger partial charge in [-0.25, -0.2) is 5.84 Å². The predicted molar refractivity (Wildman–Crippen MR) is 50.4 cm³/mol. The zero-order valence-corrected chi connectivity index (χ0v) is 11.9. The summed E-state index contributed by atoms with van der Waals surface area (Å²) in [5.41, 5.74) is 0. The molecule has 0 saturated carbocycles. The Kier molecular flexibility index (Phi) is 13.5. The number of hydrogen-bond acceptors (Lipinski definition) is 3. The van der Waals surface area contributed by atoms with Gasteiger partial charge in [0.15, 0.2) is 0 Å². The molecule has 0 aliphatic heterocycles. The number of hydrogen-bond donors (Lipinski definition) is 1. The summed E-state index contributed by atoms with van der Waals surface area (Å²) >= 11 is 9.37. The molecule has 0 amide bonds. The number of nitrogens with two attached hydrogens (primary N) is 1. The van der Waals surface area contributed by atoms with Crippen molar-refractivity contribution in [1.82, 2.24) is 5.01 Å². The summed E-state index contributed by atoms with van der Waals surface area (Å²) in [5, 5.41) is 1.44. The van der Waals surface area contributed by atoms with Crippen LogP contribution in [0.1, 0.15) is 26.2 Å². The van der Waals surface area contributed by atoms with Gasteiger partial charge in [-0.1, -0.05) is 19.8 Å². The Hall–Kier alpha value is 1.71. The van der Waals surface area contributed by atoms with Crippen LogP contribution in [0.4, 0.5) is 0 Å². The monoisotopic (exact) mass is 216 g/mol. The summed E-state index contributed by atoms with van der Waals surface area (Å²) in [6, 6.07) is 0. The number of unbranched alkanes of at least 4 members (excludes halogenated alkanes) is 2. The third-order valence-corrected chi connectivity index (χ3v) is 1.71. The topological polar surface area (TPSA) is 29.3 Å². The van der Waals surface area contributed by atoms with E-state index < -0.39 is 0 Å². The summed E-state index contributed by atoms with van der Waals surface area (Å²) in [7, 11) is 0. The van der Waals surface area contributed by atoms with Crippen LogP contribution < -0.4 is 57.2 Å². The number of nitrogens with zero attached hydrogens (tertiary/aromatic N) is 1. The molecule has 0 aromatic carbocycles. The number of hydrazine groups is 1. The molecule has 0 radical (unpaired) electrons. The van der Waals surface area contributed by atoms with Crippen molar-refractivity contribution in [3.63, 3.8) is 0 Å². The van der Waals surface area contributed by atoms with Gasteiger partial charge in [-0.15, -0.1) is 0 Å². The molecule has 0 saturated heterocycles. The van der Waals surface area contributed by atoms with Gasteiger partial charge in [-0.2, -0.15) is 0 Å². The molecule has 0 unspecified atom stereocenters. The van der Waals surface area contributed by atoms with Gasteiger partial charge in [0.2, 0.25) is 0 Å². The van der Waals surface area contributed by atoms with Crippen LogP contribution in [0.5, 0.6) is 0 Å². The molecule has 2 N–H and O–H groups in total. The Morgan fingerprint density at radius 2 is 2.09 bits per heavy atom. The van der Waals surface area contributed by atoms with Gasteiger partial charge in [0.25, 0.3) is 0 Å². The van der Waals surface area contributed by atoms with Crippen molar-refractivity contribution >= 4 is 29.2 Å². The number of thiocarbonyl (C=S) groups is 1. The summed E-state index contributed by atoms with van der Waals surface area (Å²) in [4.78, 5) is 0. The maximum absolute atomic E-state index is 5.45. The first-order valence-electron chi connectivity index (χ1n) is 3.41. The zero-order chi connectivity index (χ0) is 7.98. The van der Waals surface area contributed by atoms with E-state index in [0.717, 1.165) is 13.0 Å². The first-order valence-corrected chi connectivity index (χ1v) is 4.23. The average molecular weight is 216 g/mol. The molecule has 0 aliphatic rings. The second-order valence-electron chi connectivity index (χ2n) is 2.17. The van der Waals surface area contributed by atoms with E-state index in [4.69, 9.17) is 5.84 Å². The van der Waals surface area contributed by atoms with E-state index >= 15 is 0 Å². The van der Waals surface area contributed by atoms with Crippen molar-refractivity contribution in [2.45, 2.75) is 26.2 Å². The predicted octanol–water partition coefficient (Wildman–Crippen LogP) is -1.81. The molecule has 11 heavy (non-hydrogen) atoms. The molecule has 2 nitrogen and oxygen atoms in total. The molecule has 0 fully saturated rings. The fourth-order valence-electron chi connectivity index (χ4n) is 0.623. The summed E-state index contributed by atoms with van der Waals surface area (Å²) in [6.45, 7) is 2.93. The van der Waals surface area contributed by atoms with Crippen LogP contribution in [0.15, 0.2) is 0 Å². The minimum Gasteiger partial charge on any atom is -0.410 e. The summed E-state index contributed by atoms with van der Waals surface area (Å²) in [5.74, 6) is 5.45. The Balaban J connectivity index is 0. The molecule has 0 aromatic rings. The molecule has 0 heterocycles. The molecular weight excluding hydrogens is 203 g/mol. The molecule has 0 bridgehead atoms. The van der Waals surface area contributed by atoms with E-state index in [1.807, 2.05) is 0 Å². The number of rotatable bonds is 4. The van der Waals surface area contributed by atoms with Gasteiger partial charge in [0.1, 0.15) is 0 Å². The largest absolute Gasteiger partial charge is 1.00 e. The van der Waals surface area contributed by atoms with Crippen molar-refractivity contribution in [2.75, 3.05) is 6.54 Å². The summed E-state index contributed by atoms with van der Waals surface area (Å²) < 4.78 is 0.358. The van der Waals surface area contributed by atoms with E-state index in [9.17, 15) is 0 Å². The van der Waals surface area contributed by atoms with Crippen molar-refractivity contribution in [1.29, 1.82) is 0 Å². The van der Waals surface area contributed by atoms with Crippen LogP contribution in [0.3, 0.4) is 0 Å². The average Bonchev–Trinajstić information content (AvgIpc) is 1.88. The van der Waals surface area contributed by atoms with Crippen LogP contribution in [0, 0.1) is 0 Å². The first-order chi connectivity index (χ1) is 4.68. The Bertz CT molecular complexity index is 111. The molecule has 0 spiro atoms. The second kappa shape index (κ2) is 9.79. The maximum Gasteiger partial charge on any atom is 1.00 e. The van der Waals surface area contributed by atoms with Gasteiger partial charge in [-0.05, 0) is 10.7 Å². The van der Waals surface area contributed by atoms with Gasteiger partial charge >= 0.3 is 51.4 Å². The van der Waals surface area contributed by atoms with E-state index in [-0.39, 0.29) is 51.4 Å². The Labute approximate surface area is 122 Å². The van der Waals surface area contributed by atoms with Crippen molar-refractivity contribution in [3.05, 3.63) is 0 Å². The van der Waals surface area contributed by atoms with Crippen molar-refractivity contribution in [3.8, 4) is 0 Å². The fourth-order valence-corrected chi connectivity index (χ4v) is 0.806. The van der Waals surface area contributed by atoms with E-state index in [0.29, 0.717) is 4.32 Å². The minimum atomic E-state index is 0. The van der Waals surface area contributed by atoms with E-state index in [1.165, 1.54) is 17.9 Å². The molecule has 60 valence electrons. The third-order valence-electron chi connectivity index (χ3n) is 1.24. The standard InChI is InChI=1S/C6H14N2S2.K/c1-2-3-4-5-8(7)6(9)10;/h2-5,7H2,1H3,(H,9,10);/q;+1/p-1. The smallest absolute Gasteiger partial charge is 0.410 e. The van der Waals surface area contributed by atoms with Crippen LogP contribution in [0.25, 0.3) is 0 Å². The van der Waals surface area contributed by atoms with Crippen LogP contribution in [0.2, 0.25) is 0 Å². The molecule has 0 rings (SSSR count). The summed E-state index contributed by atoms with van der Waals surface area (Å²) in [6.07, 6.45) is 3.45. The molecule has 0 aliphatic carbocycles.